The fourth-order valence-corrected chi connectivity index (χ4v) is 2.35. The van der Waals surface area contributed by atoms with Crippen LogP contribution in [0.4, 0.5) is 0 Å². The third-order valence-corrected chi connectivity index (χ3v) is 3.38. The molecule has 2 aliphatic rings. The van der Waals surface area contributed by atoms with Crippen molar-refractivity contribution < 1.29 is 24.0 Å². The van der Waals surface area contributed by atoms with Crippen LogP contribution in [0.5, 0.6) is 0 Å². The van der Waals surface area contributed by atoms with Gasteiger partial charge in [-0.15, -0.1) is 16.7 Å². The van der Waals surface area contributed by atoms with Gasteiger partial charge in [-0.2, -0.15) is 0 Å². The lowest BCUT2D eigenvalue weighted by molar-refractivity contribution is -0.200. The number of likely N-dealkylation sites (tertiary alicyclic amines) is 1. The first-order chi connectivity index (χ1) is 9.04. The zero-order valence-electron chi connectivity index (χ0n) is 10.1. The summed E-state index contributed by atoms with van der Waals surface area (Å²) in [6, 6.07) is -0.771. The van der Waals surface area contributed by atoms with Gasteiger partial charge in [-0.25, -0.2) is 4.79 Å². The summed E-state index contributed by atoms with van der Waals surface area (Å²) in [5.74, 6) is -2.41. The topological polar surface area (TPSA) is 84.0 Å². The summed E-state index contributed by atoms with van der Waals surface area (Å²) in [7, 11) is 0. The van der Waals surface area contributed by atoms with E-state index >= 15 is 0 Å². The van der Waals surface area contributed by atoms with E-state index in [2.05, 4.69) is 0 Å². The molecule has 19 heavy (non-hydrogen) atoms. The molecule has 8 heteroatoms. The van der Waals surface area contributed by atoms with Crippen LogP contribution in [0.1, 0.15) is 25.7 Å². The van der Waals surface area contributed by atoms with Crippen molar-refractivity contribution >= 4 is 35.3 Å². The highest BCUT2D eigenvalue weighted by atomic mass is 35.5. The predicted octanol–water partition coefficient (Wildman–Crippen LogP) is -0.177. The van der Waals surface area contributed by atoms with Crippen molar-refractivity contribution in [1.82, 2.24) is 9.96 Å². The second kappa shape index (κ2) is 5.56. The fourth-order valence-electron chi connectivity index (χ4n) is 2.20. The first-order valence-corrected chi connectivity index (χ1v) is 6.51. The van der Waals surface area contributed by atoms with E-state index in [9.17, 15) is 19.2 Å². The van der Waals surface area contributed by atoms with Crippen LogP contribution < -0.4 is 0 Å². The molecule has 0 aromatic carbocycles. The van der Waals surface area contributed by atoms with Crippen LogP contribution >= 0.6 is 11.6 Å². The zero-order chi connectivity index (χ0) is 14.0. The molecule has 2 fully saturated rings. The lowest BCUT2D eigenvalue weighted by Gasteiger charge is -2.23. The van der Waals surface area contributed by atoms with E-state index in [-0.39, 0.29) is 24.6 Å². The molecule has 0 aromatic rings. The molecule has 104 valence electrons. The van der Waals surface area contributed by atoms with Gasteiger partial charge in [-0.1, -0.05) is 0 Å². The van der Waals surface area contributed by atoms with Crippen molar-refractivity contribution in [2.24, 2.45) is 0 Å². The second-order valence-electron chi connectivity index (χ2n) is 4.37. The molecule has 0 unspecified atom stereocenters. The van der Waals surface area contributed by atoms with Gasteiger partial charge in [-0.3, -0.25) is 14.4 Å². The molecule has 2 heterocycles. The van der Waals surface area contributed by atoms with E-state index in [1.807, 2.05) is 0 Å². The Hall–Kier alpha value is -1.63. The van der Waals surface area contributed by atoms with Crippen LogP contribution in [-0.2, 0) is 24.0 Å². The Labute approximate surface area is 114 Å². The molecule has 0 N–H and O–H groups in total. The Morgan fingerprint density at radius 2 is 1.89 bits per heavy atom. The van der Waals surface area contributed by atoms with E-state index in [1.165, 1.54) is 4.90 Å². The van der Waals surface area contributed by atoms with Crippen molar-refractivity contribution in [2.45, 2.75) is 31.7 Å². The lowest BCUT2D eigenvalue weighted by Crippen LogP contribution is -2.45. The highest BCUT2D eigenvalue weighted by Crippen LogP contribution is 2.21. The van der Waals surface area contributed by atoms with Gasteiger partial charge in [0.05, 0.1) is 0 Å². The third-order valence-electron chi connectivity index (χ3n) is 3.15. The van der Waals surface area contributed by atoms with Gasteiger partial charge >= 0.3 is 5.97 Å². The summed E-state index contributed by atoms with van der Waals surface area (Å²) in [6.45, 7) is 0.424. The van der Waals surface area contributed by atoms with Crippen LogP contribution in [0, 0.1) is 0 Å². The summed E-state index contributed by atoms with van der Waals surface area (Å²) in [6.07, 6.45) is 1.18. The van der Waals surface area contributed by atoms with E-state index in [1.54, 1.807) is 0 Å². The molecule has 0 aromatic heterocycles. The van der Waals surface area contributed by atoms with Gasteiger partial charge in [0.2, 0.25) is 5.91 Å². The predicted molar refractivity (Wildman–Crippen MR) is 62.6 cm³/mol. The Bertz CT molecular complexity index is 423. The first kappa shape index (κ1) is 13.8. The van der Waals surface area contributed by atoms with E-state index in [0.717, 1.165) is 0 Å². The Morgan fingerprint density at radius 3 is 2.47 bits per heavy atom. The second-order valence-corrected chi connectivity index (χ2v) is 4.64. The largest absolute Gasteiger partial charge is 0.355 e. The maximum absolute atomic E-state index is 11.9. The number of carbonyl (C=O) groups excluding carboxylic acids is 4. The number of hydrogen-bond acceptors (Lipinski definition) is 5. The quantitative estimate of drug-likeness (QED) is 0.531. The monoisotopic (exact) mass is 288 g/mol. The normalized spacial score (nSPS) is 23.1. The van der Waals surface area contributed by atoms with Crippen molar-refractivity contribution in [1.29, 1.82) is 0 Å². The smallest absolute Gasteiger partial charge is 0.328 e. The summed E-state index contributed by atoms with van der Waals surface area (Å²) in [4.78, 5) is 52.2. The van der Waals surface area contributed by atoms with Crippen LogP contribution in [-0.4, -0.2) is 52.1 Å². The maximum atomic E-state index is 11.9. The van der Waals surface area contributed by atoms with Gasteiger partial charge in [0.15, 0.2) is 0 Å². The minimum absolute atomic E-state index is 0.0428. The Morgan fingerprint density at radius 1 is 1.26 bits per heavy atom. The van der Waals surface area contributed by atoms with Crippen molar-refractivity contribution in [2.75, 3.05) is 12.4 Å². The van der Waals surface area contributed by atoms with Crippen LogP contribution in [0.15, 0.2) is 0 Å². The standard InChI is InChI=1S/C11H13ClN2O5/c12-6-10(17)13-5-1-2-7(13)11(18)19-14-8(15)3-4-9(14)16/h7H,1-6H2/t7-/m0/s1. The van der Waals surface area contributed by atoms with Crippen molar-refractivity contribution in [3.05, 3.63) is 0 Å². The molecule has 2 saturated heterocycles. The third kappa shape index (κ3) is 2.70. The molecule has 0 saturated carbocycles. The van der Waals surface area contributed by atoms with E-state index in [0.29, 0.717) is 24.4 Å². The average molecular weight is 289 g/mol. The highest BCUT2D eigenvalue weighted by molar-refractivity contribution is 6.27. The molecular formula is C11H13ClN2O5. The first-order valence-electron chi connectivity index (χ1n) is 5.97. The molecule has 7 nitrogen and oxygen atoms in total. The average Bonchev–Trinajstić information content (AvgIpc) is 2.99. The maximum Gasteiger partial charge on any atom is 0.355 e. The zero-order valence-corrected chi connectivity index (χ0v) is 10.9. The fraction of sp³-hybridized carbons (Fsp3) is 0.636. The number of carbonyl (C=O) groups is 4. The molecule has 2 rings (SSSR count). The van der Waals surface area contributed by atoms with Crippen LogP contribution in [0.25, 0.3) is 0 Å². The number of amides is 3. The minimum Gasteiger partial charge on any atom is -0.328 e. The number of hydrogen-bond donors (Lipinski definition) is 0. The summed E-state index contributed by atoms with van der Waals surface area (Å²) in [5.41, 5.74) is 0. The summed E-state index contributed by atoms with van der Waals surface area (Å²) in [5, 5.41) is 0.490. The molecule has 0 bridgehead atoms. The van der Waals surface area contributed by atoms with Gasteiger partial charge in [0, 0.05) is 19.4 Å². The molecule has 3 amide bonds. The Kier molecular flexibility index (Phi) is 4.04. The number of imide groups is 1. The summed E-state index contributed by atoms with van der Waals surface area (Å²) < 4.78 is 0. The Balaban J connectivity index is 2.01. The number of nitrogens with zero attached hydrogens (tertiary/aromatic N) is 2. The molecule has 2 aliphatic heterocycles. The van der Waals surface area contributed by atoms with Gasteiger partial charge in [0.1, 0.15) is 11.9 Å². The minimum atomic E-state index is -0.771. The molecule has 0 aliphatic carbocycles. The summed E-state index contributed by atoms with van der Waals surface area (Å²) >= 11 is 5.46. The van der Waals surface area contributed by atoms with Gasteiger partial charge in [-0.05, 0) is 12.8 Å². The van der Waals surface area contributed by atoms with Crippen molar-refractivity contribution in [3.63, 3.8) is 0 Å². The van der Waals surface area contributed by atoms with Crippen LogP contribution in [0.3, 0.4) is 0 Å². The van der Waals surface area contributed by atoms with Gasteiger partial charge < -0.3 is 9.74 Å². The molecule has 1 atom stereocenters. The highest BCUT2D eigenvalue weighted by Gasteiger charge is 2.39. The molecule has 0 radical (unpaired) electrons. The number of hydroxylamine groups is 2. The molecular weight excluding hydrogens is 276 g/mol. The van der Waals surface area contributed by atoms with E-state index in [4.69, 9.17) is 16.4 Å². The van der Waals surface area contributed by atoms with E-state index < -0.39 is 23.8 Å². The van der Waals surface area contributed by atoms with Gasteiger partial charge in [0.25, 0.3) is 11.8 Å². The number of rotatable bonds is 3. The number of halogens is 1. The van der Waals surface area contributed by atoms with Crippen molar-refractivity contribution in [3.8, 4) is 0 Å². The number of alkyl halides is 1. The van der Waals surface area contributed by atoms with Crippen LogP contribution in [0.2, 0.25) is 0 Å². The lowest BCUT2D eigenvalue weighted by atomic mass is 10.2. The molecule has 0 spiro atoms. The SMILES string of the molecule is O=C(ON1C(=O)CCC1=O)[C@@H]1CCCN1C(=O)CCl.